The van der Waals surface area contributed by atoms with Gasteiger partial charge in [-0.15, -0.1) is 0 Å². The van der Waals surface area contributed by atoms with Crippen LogP contribution in [0.3, 0.4) is 0 Å². The molecule has 0 fully saturated rings. The first-order valence-electron chi connectivity index (χ1n) is 18.5. The average molecular weight is 715 g/mol. The minimum absolute atomic E-state index is 0.111. The summed E-state index contributed by atoms with van der Waals surface area (Å²) < 4.78 is 12.4. The van der Waals surface area contributed by atoms with Gasteiger partial charge in [0.25, 0.3) is 0 Å². The second-order valence-corrected chi connectivity index (χ2v) is 14.5. The second kappa shape index (κ2) is 13.8. The lowest BCUT2D eigenvalue weighted by Crippen LogP contribution is -2.26. The molecule has 0 radical (unpaired) electrons. The highest BCUT2D eigenvalue weighted by molar-refractivity contribution is 6.13. The fourth-order valence-corrected chi connectivity index (χ4v) is 7.95. The molecule has 2 aromatic heterocycles. The highest BCUT2D eigenvalue weighted by atomic mass is 16.3. The third kappa shape index (κ3) is 6.21. The number of fused-ring (bicyclic) bond motifs is 4. The van der Waals surface area contributed by atoms with Crippen LogP contribution in [0, 0.1) is 11.3 Å². The first kappa shape index (κ1) is 33.9. The lowest BCUT2D eigenvalue weighted by Gasteiger charge is -2.27. The summed E-state index contributed by atoms with van der Waals surface area (Å²) in [6.07, 6.45) is 12.9. The molecule has 5 aromatic carbocycles. The molecule has 9 rings (SSSR count). The van der Waals surface area contributed by atoms with Gasteiger partial charge in [0, 0.05) is 39.3 Å². The molecule has 0 aliphatic heterocycles. The molecule has 0 amide bonds. The summed E-state index contributed by atoms with van der Waals surface area (Å²) in [5.74, 6) is 0.683. The summed E-state index contributed by atoms with van der Waals surface area (Å²) in [6, 6.07) is 40.0. The van der Waals surface area contributed by atoms with Crippen molar-refractivity contribution in [3.8, 4) is 0 Å². The van der Waals surface area contributed by atoms with E-state index in [9.17, 15) is 0 Å². The van der Waals surface area contributed by atoms with Gasteiger partial charge in [-0.2, -0.15) is 0 Å². The molecule has 2 aliphatic rings. The maximum Gasteiger partial charge on any atom is 0.181 e. The van der Waals surface area contributed by atoms with Crippen LogP contribution < -0.4 is 10.6 Å². The van der Waals surface area contributed by atoms with Crippen LogP contribution in [0.4, 0.5) is 0 Å². The topological polar surface area (TPSA) is 87.7 Å². The van der Waals surface area contributed by atoms with E-state index in [4.69, 9.17) is 24.2 Å². The van der Waals surface area contributed by atoms with E-state index in [1.165, 1.54) is 28.7 Å². The molecular weight excluding hydrogens is 677 g/mol. The monoisotopic (exact) mass is 714 g/mol. The summed E-state index contributed by atoms with van der Waals surface area (Å²) in [4.78, 5) is 14.0. The molecule has 1 N–H and O–H groups in total. The highest BCUT2D eigenvalue weighted by Gasteiger charge is 2.39. The zero-order chi connectivity index (χ0) is 37.5. The van der Waals surface area contributed by atoms with E-state index in [1.807, 2.05) is 97.1 Å². The molecular formula is C49H38N4O2. The molecule has 1 unspecified atom stereocenters. The highest BCUT2D eigenvalue weighted by Crippen LogP contribution is 2.51. The number of allylic oxidation sites excluding steroid dienone is 5. The van der Waals surface area contributed by atoms with E-state index in [2.05, 4.69) is 74.0 Å². The van der Waals surface area contributed by atoms with Crippen LogP contribution in [0.25, 0.3) is 39.3 Å². The Labute approximate surface area is 319 Å². The average Bonchev–Trinajstić information content (AvgIpc) is 3.89. The number of hydrogen-bond donors (Lipinski definition) is 1. The van der Waals surface area contributed by atoms with Crippen LogP contribution in [0.15, 0.2) is 177 Å². The van der Waals surface area contributed by atoms with E-state index in [0.29, 0.717) is 11.4 Å². The smallest absolute Gasteiger partial charge is 0.181 e. The summed E-state index contributed by atoms with van der Waals surface area (Å²) >= 11 is 0. The van der Waals surface area contributed by atoms with Crippen molar-refractivity contribution in [1.82, 2.24) is 4.98 Å². The fraction of sp³-hybridized carbons (Fsp3) is 0.102. The van der Waals surface area contributed by atoms with E-state index in [0.717, 1.165) is 61.4 Å². The third-order valence-electron chi connectivity index (χ3n) is 10.8. The van der Waals surface area contributed by atoms with Gasteiger partial charge in [0.05, 0.1) is 0 Å². The van der Waals surface area contributed by atoms with Crippen molar-refractivity contribution < 1.29 is 8.83 Å². The number of benzene rings is 5. The zero-order valence-electron chi connectivity index (χ0n) is 30.7. The largest absolute Gasteiger partial charge is 0.456 e. The van der Waals surface area contributed by atoms with Gasteiger partial charge in [0.15, 0.2) is 23.6 Å². The van der Waals surface area contributed by atoms with Gasteiger partial charge in [-0.1, -0.05) is 141 Å². The van der Waals surface area contributed by atoms with Crippen molar-refractivity contribution in [3.05, 3.63) is 202 Å². The van der Waals surface area contributed by atoms with Crippen LogP contribution in [0.5, 0.6) is 0 Å². The second-order valence-electron chi connectivity index (χ2n) is 14.5. The Bertz CT molecular complexity index is 2900. The number of furan rings is 1. The Morgan fingerprint density at radius 3 is 2.42 bits per heavy atom. The van der Waals surface area contributed by atoms with E-state index >= 15 is 0 Å². The molecule has 0 bridgehead atoms. The van der Waals surface area contributed by atoms with Crippen LogP contribution in [0.1, 0.15) is 53.6 Å². The normalized spacial score (nSPS) is 17.2. The SMILES string of the molecule is C=C/C(c1cccc(C(=N/C(=N)c2ccccc2)/N=C/c2ccccc2)c1)=c1\c(=C\C2C=CC3=C(C2)C(C)(C)c2cc4ocnc4cc23)oc2ccccc12. The Hall–Kier alpha value is -6.92. The van der Waals surface area contributed by atoms with Gasteiger partial charge >= 0.3 is 0 Å². The van der Waals surface area contributed by atoms with Crippen molar-refractivity contribution >= 4 is 57.2 Å². The Balaban J connectivity index is 1.15. The molecule has 0 saturated carbocycles. The minimum atomic E-state index is -0.156. The van der Waals surface area contributed by atoms with Gasteiger partial charge < -0.3 is 8.83 Å². The molecule has 2 heterocycles. The van der Waals surface area contributed by atoms with Gasteiger partial charge in [-0.25, -0.2) is 15.0 Å². The van der Waals surface area contributed by atoms with Crippen molar-refractivity contribution in [3.63, 3.8) is 0 Å². The lowest BCUT2D eigenvalue weighted by molar-refractivity contribution is 0.561. The van der Waals surface area contributed by atoms with Gasteiger partial charge in [-0.05, 0) is 70.2 Å². The number of hydrogen-bond acceptors (Lipinski definition) is 4. The van der Waals surface area contributed by atoms with E-state index in [1.54, 1.807) is 6.21 Å². The Morgan fingerprint density at radius 2 is 1.60 bits per heavy atom. The quantitative estimate of drug-likeness (QED) is 0.137. The molecule has 2 aliphatic carbocycles. The summed E-state index contributed by atoms with van der Waals surface area (Å²) in [5.41, 5.74) is 12.7. The van der Waals surface area contributed by atoms with E-state index < -0.39 is 0 Å². The van der Waals surface area contributed by atoms with Gasteiger partial charge in [0.2, 0.25) is 0 Å². The number of aliphatic imine (C=N–C) groups is 2. The lowest BCUT2D eigenvalue weighted by atomic mass is 9.76. The Morgan fingerprint density at radius 1 is 0.855 bits per heavy atom. The molecule has 6 nitrogen and oxygen atoms in total. The van der Waals surface area contributed by atoms with Crippen molar-refractivity contribution in [2.75, 3.05) is 0 Å². The number of nitrogens with zero attached hydrogens (tertiary/aromatic N) is 3. The van der Waals surface area contributed by atoms with Crippen LogP contribution in [0.2, 0.25) is 0 Å². The number of nitrogens with one attached hydrogen (secondary N) is 1. The molecule has 7 aromatic rings. The molecule has 0 spiro atoms. The first-order valence-corrected chi connectivity index (χ1v) is 18.5. The number of amidine groups is 2. The molecule has 0 saturated heterocycles. The molecule has 1 atom stereocenters. The number of rotatable bonds is 6. The number of aromatic nitrogens is 1. The molecule has 266 valence electrons. The van der Waals surface area contributed by atoms with Crippen molar-refractivity contribution in [1.29, 1.82) is 5.41 Å². The number of oxazole rings is 1. The minimum Gasteiger partial charge on any atom is -0.456 e. The van der Waals surface area contributed by atoms with Gasteiger partial charge in [0.1, 0.15) is 16.5 Å². The predicted molar refractivity (Wildman–Crippen MR) is 224 cm³/mol. The van der Waals surface area contributed by atoms with Crippen LogP contribution in [-0.2, 0) is 5.41 Å². The van der Waals surface area contributed by atoms with Crippen LogP contribution >= 0.6 is 0 Å². The zero-order valence-corrected chi connectivity index (χ0v) is 30.7. The maximum atomic E-state index is 8.84. The van der Waals surface area contributed by atoms with E-state index in [-0.39, 0.29) is 17.2 Å². The molecule has 55 heavy (non-hydrogen) atoms. The van der Waals surface area contributed by atoms with Gasteiger partial charge in [-0.3, -0.25) is 5.41 Å². The standard InChI is InChI=1S/C49H38N4O2/c1-4-36(34-18-13-19-35(26-34)48(51-29-31-14-7-5-8-15-31)53-47(50)33-16-9-6-10-17-33)46-38-20-11-12-21-43(38)55-45(46)25-32-22-23-37-39-27-42-44(54-30-52-42)28-41(39)49(2,3)40(37)24-32/h4-23,25-30,32,50H,1,24H2,2-3H3/b45-25-,46-36+,50-47?,51-29+,53-48-. The first-order chi connectivity index (χ1) is 26.9. The molecule has 6 heteroatoms. The Kier molecular flexibility index (Phi) is 8.51. The van der Waals surface area contributed by atoms with Crippen LogP contribution in [-0.4, -0.2) is 22.9 Å². The van der Waals surface area contributed by atoms with Crippen molar-refractivity contribution in [2.45, 2.75) is 25.7 Å². The van der Waals surface area contributed by atoms with Crippen molar-refractivity contribution in [2.24, 2.45) is 15.9 Å². The maximum absolute atomic E-state index is 8.84. The fourth-order valence-electron chi connectivity index (χ4n) is 7.95. The summed E-state index contributed by atoms with van der Waals surface area (Å²) in [7, 11) is 0. The summed E-state index contributed by atoms with van der Waals surface area (Å²) in [5, 5.41) is 10.8. The summed E-state index contributed by atoms with van der Waals surface area (Å²) in [6.45, 7) is 8.92. The third-order valence-corrected chi connectivity index (χ3v) is 10.8. The predicted octanol–water partition coefficient (Wildman–Crippen LogP) is 9.95. The number of para-hydroxylation sites is 1.